The number of carbonyl (C=O) groups is 3. The number of anilines is 1. The Balaban J connectivity index is 2.22. The molecule has 162 valence electrons. The minimum atomic E-state index is -0.701. The van der Waals surface area contributed by atoms with E-state index in [4.69, 9.17) is 25.8 Å². The summed E-state index contributed by atoms with van der Waals surface area (Å²) in [6.07, 6.45) is 0. The first-order chi connectivity index (χ1) is 14.0. The summed E-state index contributed by atoms with van der Waals surface area (Å²) < 4.78 is 15.9. The highest BCUT2D eigenvalue weighted by Gasteiger charge is 2.29. The van der Waals surface area contributed by atoms with Gasteiger partial charge in [-0.1, -0.05) is 11.6 Å². The van der Waals surface area contributed by atoms with Gasteiger partial charge in [0, 0.05) is 5.02 Å². The number of benzene rings is 1. The Morgan fingerprint density at radius 1 is 1.10 bits per heavy atom. The van der Waals surface area contributed by atoms with Crippen LogP contribution in [0.3, 0.4) is 0 Å². The molecule has 30 heavy (non-hydrogen) atoms. The Kier molecular flexibility index (Phi) is 7.86. The van der Waals surface area contributed by atoms with Crippen molar-refractivity contribution in [3.63, 3.8) is 0 Å². The number of amides is 1. The van der Waals surface area contributed by atoms with Crippen LogP contribution in [0.1, 0.15) is 53.3 Å². The molecule has 0 aliphatic heterocycles. The second-order valence-electron chi connectivity index (χ2n) is 7.27. The molecule has 1 heterocycles. The normalized spacial score (nSPS) is 11.0. The van der Waals surface area contributed by atoms with Gasteiger partial charge in [0.15, 0.2) is 6.61 Å². The molecule has 0 unspecified atom stereocenters. The van der Waals surface area contributed by atoms with Crippen molar-refractivity contribution in [2.75, 3.05) is 18.5 Å². The van der Waals surface area contributed by atoms with Crippen LogP contribution >= 0.6 is 22.9 Å². The summed E-state index contributed by atoms with van der Waals surface area (Å²) >= 11 is 6.78. The number of thiophene rings is 1. The molecule has 0 aliphatic rings. The molecule has 1 amide bonds. The predicted octanol–water partition coefficient (Wildman–Crippen LogP) is 4.86. The van der Waals surface area contributed by atoms with E-state index in [1.54, 1.807) is 58.9 Å². The number of nitrogens with one attached hydrogen (secondary N) is 1. The summed E-state index contributed by atoms with van der Waals surface area (Å²) in [6, 6.07) is 6.55. The van der Waals surface area contributed by atoms with Crippen LogP contribution in [0.15, 0.2) is 24.3 Å². The molecule has 0 atom stereocenters. The third kappa shape index (κ3) is 6.47. The summed E-state index contributed by atoms with van der Waals surface area (Å²) in [5.41, 5.74) is -0.183. The minimum absolute atomic E-state index is 0.127. The van der Waals surface area contributed by atoms with E-state index < -0.39 is 23.4 Å². The van der Waals surface area contributed by atoms with Gasteiger partial charge in [0.25, 0.3) is 5.91 Å². The fourth-order valence-electron chi connectivity index (χ4n) is 2.41. The number of carbonyl (C=O) groups excluding carboxylic acids is 3. The van der Waals surface area contributed by atoms with E-state index in [0.29, 0.717) is 16.3 Å². The summed E-state index contributed by atoms with van der Waals surface area (Å²) in [4.78, 5) is 37.6. The van der Waals surface area contributed by atoms with Gasteiger partial charge in [-0.2, -0.15) is 0 Å². The van der Waals surface area contributed by atoms with Gasteiger partial charge >= 0.3 is 11.9 Å². The highest BCUT2D eigenvalue weighted by Crippen LogP contribution is 2.35. The molecule has 2 aromatic rings. The number of hydrogen-bond acceptors (Lipinski definition) is 7. The first-order valence-corrected chi connectivity index (χ1v) is 10.4. The first kappa shape index (κ1) is 23.7. The maximum absolute atomic E-state index is 12.5. The smallest absolute Gasteiger partial charge is 0.349 e. The SMILES string of the molecule is CCOC(=O)c1c(NC(=O)COc2ccc(Cl)cc2)sc(C(=O)OC(C)(C)C)c1C. The maximum atomic E-state index is 12.5. The van der Waals surface area contributed by atoms with Gasteiger partial charge in [-0.15, -0.1) is 11.3 Å². The fraction of sp³-hybridized carbons (Fsp3) is 0.381. The topological polar surface area (TPSA) is 90.9 Å². The van der Waals surface area contributed by atoms with Crippen molar-refractivity contribution in [1.29, 1.82) is 0 Å². The highest BCUT2D eigenvalue weighted by atomic mass is 35.5. The van der Waals surface area contributed by atoms with Crippen LogP contribution in [0, 0.1) is 6.92 Å². The molecule has 1 N–H and O–H groups in total. The molecule has 7 nitrogen and oxygen atoms in total. The van der Waals surface area contributed by atoms with E-state index in [1.165, 1.54) is 0 Å². The quantitative estimate of drug-likeness (QED) is 0.602. The van der Waals surface area contributed by atoms with Crippen LogP contribution in [0.4, 0.5) is 5.00 Å². The lowest BCUT2D eigenvalue weighted by atomic mass is 10.1. The Morgan fingerprint density at radius 2 is 1.73 bits per heavy atom. The third-order valence-electron chi connectivity index (χ3n) is 3.65. The van der Waals surface area contributed by atoms with Crippen molar-refractivity contribution >= 4 is 45.8 Å². The molecule has 0 radical (unpaired) electrons. The largest absolute Gasteiger partial charge is 0.484 e. The average molecular weight is 454 g/mol. The van der Waals surface area contributed by atoms with Gasteiger partial charge in [-0.25, -0.2) is 9.59 Å². The molecule has 1 aromatic heterocycles. The average Bonchev–Trinajstić information content (AvgIpc) is 2.96. The van der Waals surface area contributed by atoms with Crippen LogP contribution < -0.4 is 10.1 Å². The zero-order chi connectivity index (χ0) is 22.5. The lowest BCUT2D eigenvalue weighted by Gasteiger charge is -2.19. The van der Waals surface area contributed by atoms with E-state index in [1.807, 2.05) is 0 Å². The first-order valence-electron chi connectivity index (χ1n) is 9.24. The summed E-state index contributed by atoms with van der Waals surface area (Å²) in [7, 11) is 0. The molecule has 0 bridgehead atoms. The molecular weight excluding hydrogens is 430 g/mol. The Hall–Kier alpha value is -2.58. The number of esters is 2. The minimum Gasteiger partial charge on any atom is -0.484 e. The number of hydrogen-bond donors (Lipinski definition) is 1. The second kappa shape index (κ2) is 9.95. The predicted molar refractivity (Wildman–Crippen MR) is 116 cm³/mol. The van der Waals surface area contributed by atoms with E-state index in [0.717, 1.165) is 11.3 Å². The third-order valence-corrected chi connectivity index (χ3v) is 5.09. The number of rotatable bonds is 7. The van der Waals surface area contributed by atoms with Gasteiger partial charge < -0.3 is 19.5 Å². The van der Waals surface area contributed by atoms with Gasteiger partial charge in [-0.3, -0.25) is 4.79 Å². The van der Waals surface area contributed by atoms with Crippen molar-refractivity contribution in [3.05, 3.63) is 45.3 Å². The van der Waals surface area contributed by atoms with Gasteiger partial charge in [0.1, 0.15) is 21.2 Å². The van der Waals surface area contributed by atoms with E-state index in [-0.39, 0.29) is 28.7 Å². The van der Waals surface area contributed by atoms with Crippen LogP contribution in [0.5, 0.6) is 5.75 Å². The maximum Gasteiger partial charge on any atom is 0.349 e. The van der Waals surface area contributed by atoms with E-state index >= 15 is 0 Å². The number of halogens is 1. The summed E-state index contributed by atoms with van der Waals surface area (Å²) in [6.45, 7) is 8.39. The van der Waals surface area contributed by atoms with Crippen molar-refractivity contribution in [3.8, 4) is 5.75 Å². The van der Waals surface area contributed by atoms with Crippen molar-refractivity contribution in [2.24, 2.45) is 0 Å². The summed E-state index contributed by atoms with van der Waals surface area (Å²) in [5, 5.41) is 3.39. The lowest BCUT2D eigenvalue weighted by Crippen LogP contribution is -2.23. The highest BCUT2D eigenvalue weighted by molar-refractivity contribution is 7.18. The Labute approximate surface area is 184 Å². The zero-order valence-corrected chi connectivity index (χ0v) is 19.0. The van der Waals surface area contributed by atoms with Crippen molar-refractivity contribution < 1.29 is 28.6 Å². The van der Waals surface area contributed by atoms with E-state index in [2.05, 4.69) is 5.32 Å². The van der Waals surface area contributed by atoms with Gasteiger partial charge in [-0.05, 0) is 64.4 Å². The lowest BCUT2D eigenvalue weighted by molar-refractivity contribution is -0.118. The fourth-order valence-corrected chi connectivity index (χ4v) is 3.63. The molecule has 0 saturated heterocycles. The van der Waals surface area contributed by atoms with E-state index in [9.17, 15) is 14.4 Å². The number of ether oxygens (including phenoxy) is 3. The molecular formula is C21H24ClNO6S. The van der Waals surface area contributed by atoms with Crippen LogP contribution in [-0.2, 0) is 14.3 Å². The van der Waals surface area contributed by atoms with Gasteiger partial charge in [0.05, 0.1) is 12.2 Å². The van der Waals surface area contributed by atoms with Gasteiger partial charge in [0.2, 0.25) is 0 Å². The van der Waals surface area contributed by atoms with Crippen molar-refractivity contribution in [1.82, 2.24) is 0 Å². The molecule has 2 rings (SSSR count). The Bertz CT molecular complexity index is 930. The molecule has 9 heteroatoms. The molecule has 0 fully saturated rings. The summed E-state index contributed by atoms with van der Waals surface area (Å²) in [5.74, 6) is -1.23. The Morgan fingerprint density at radius 3 is 2.30 bits per heavy atom. The zero-order valence-electron chi connectivity index (χ0n) is 17.5. The molecule has 0 saturated carbocycles. The molecule has 0 aliphatic carbocycles. The van der Waals surface area contributed by atoms with Crippen LogP contribution in [-0.4, -0.2) is 36.7 Å². The van der Waals surface area contributed by atoms with Crippen LogP contribution in [0.25, 0.3) is 0 Å². The molecule has 1 aromatic carbocycles. The van der Waals surface area contributed by atoms with Crippen molar-refractivity contribution in [2.45, 2.75) is 40.2 Å². The monoisotopic (exact) mass is 453 g/mol. The van der Waals surface area contributed by atoms with Crippen LogP contribution in [0.2, 0.25) is 5.02 Å². The second-order valence-corrected chi connectivity index (χ2v) is 8.73. The standard InChI is InChI=1S/C21H24ClNO6S/c1-6-27-19(25)16-12(2)17(20(26)29-21(3,4)5)30-18(16)23-15(24)11-28-14-9-7-13(22)8-10-14/h7-10H,6,11H2,1-5H3,(H,23,24). The molecule has 0 spiro atoms.